The van der Waals surface area contributed by atoms with Gasteiger partial charge in [0.25, 0.3) is 11.8 Å². The lowest BCUT2D eigenvalue weighted by Crippen LogP contribution is -2.68. The Kier molecular flexibility index (Phi) is 4.58. The second kappa shape index (κ2) is 6.18. The Bertz CT molecular complexity index is 583. The molecule has 3 aliphatic carbocycles. The van der Waals surface area contributed by atoms with Crippen molar-refractivity contribution in [2.75, 3.05) is 13.7 Å². The fourth-order valence-electron chi connectivity index (χ4n) is 4.61. The summed E-state index contributed by atoms with van der Waals surface area (Å²) >= 11 is 0. The number of nitrogens with zero attached hydrogens (tertiary/aromatic N) is 1. The van der Waals surface area contributed by atoms with Crippen molar-refractivity contribution in [2.45, 2.75) is 64.8 Å². The van der Waals surface area contributed by atoms with Crippen LogP contribution in [0.3, 0.4) is 0 Å². The third-order valence-electron chi connectivity index (χ3n) is 6.89. The summed E-state index contributed by atoms with van der Waals surface area (Å²) in [4.78, 5) is 36.4. The van der Waals surface area contributed by atoms with Crippen LogP contribution in [0.5, 0.6) is 0 Å². The highest BCUT2D eigenvalue weighted by Crippen LogP contribution is 2.66. The Morgan fingerprint density at radius 1 is 1.24 bits per heavy atom. The molecule has 6 nitrogen and oxygen atoms in total. The van der Waals surface area contributed by atoms with E-state index in [9.17, 15) is 9.59 Å². The van der Waals surface area contributed by atoms with Crippen LogP contribution in [0.25, 0.3) is 0 Å². The number of carbonyl (C=O) groups excluding carboxylic acids is 2. The predicted molar refractivity (Wildman–Crippen MR) is 91.1 cm³/mol. The monoisotopic (exact) mass is 351 g/mol. The van der Waals surface area contributed by atoms with Crippen LogP contribution in [0.1, 0.15) is 53.4 Å². The molecule has 0 aromatic carbocycles. The number of imide groups is 1. The summed E-state index contributed by atoms with van der Waals surface area (Å²) in [7, 11) is 1.55. The lowest BCUT2D eigenvalue weighted by atomic mass is 9.43. The second-order valence-corrected chi connectivity index (χ2v) is 8.41. The van der Waals surface area contributed by atoms with Gasteiger partial charge >= 0.3 is 0 Å². The highest BCUT2D eigenvalue weighted by atomic mass is 17.2. The van der Waals surface area contributed by atoms with Crippen molar-refractivity contribution in [2.24, 2.45) is 17.3 Å². The van der Waals surface area contributed by atoms with Gasteiger partial charge in [-0.3, -0.25) is 14.5 Å². The maximum Gasteiger partial charge on any atom is 0.253 e. The molecule has 2 amide bonds. The van der Waals surface area contributed by atoms with Crippen molar-refractivity contribution in [3.05, 3.63) is 12.2 Å². The van der Waals surface area contributed by atoms with Crippen LogP contribution in [-0.2, 0) is 24.1 Å². The zero-order valence-electron chi connectivity index (χ0n) is 15.8. The number of amides is 2. The molecule has 3 fully saturated rings. The molecule has 4 atom stereocenters. The predicted octanol–water partition coefficient (Wildman–Crippen LogP) is 2.83. The molecule has 0 N–H and O–H groups in total. The molecule has 3 saturated carbocycles. The smallest absolute Gasteiger partial charge is 0.253 e. The largest absolute Gasteiger partial charge is 0.351 e. The van der Waals surface area contributed by atoms with Crippen molar-refractivity contribution >= 4 is 11.8 Å². The molecular formula is C19H29NO5. The van der Waals surface area contributed by atoms with Crippen molar-refractivity contribution in [3.63, 3.8) is 0 Å². The average Bonchev–Trinajstić information content (AvgIpc) is 2.90. The molecule has 25 heavy (non-hydrogen) atoms. The zero-order valence-corrected chi connectivity index (χ0v) is 15.8. The van der Waals surface area contributed by atoms with E-state index in [4.69, 9.17) is 14.5 Å². The molecule has 140 valence electrons. The summed E-state index contributed by atoms with van der Waals surface area (Å²) < 4.78 is 5.51. The first kappa shape index (κ1) is 18.5. The Balaban J connectivity index is 1.62. The molecular weight excluding hydrogens is 322 g/mol. The molecule has 0 radical (unpaired) electrons. The van der Waals surface area contributed by atoms with E-state index in [1.165, 1.54) is 23.5 Å². The standard InChI is InChI=1S/C19H29NO5/c1-13-6-7-14-12-19(13,17(14,2)3)25-24-18(4,23-5)10-11-20-15(21)8-9-16(20)22/h8-9,13-14H,6-7,10-12H2,1-5H3. The summed E-state index contributed by atoms with van der Waals surface area (Å²) in [5.74, 6) is -0.527. The van der Waals surface area contributed by atoms with Crippen LogP contribution in [0.2, 0.25) is 0 Å². The minimum atomic E-state index is -1.02. The topological polar surface area (TPSA) is 65.1 Å². The first-order valence-corrected chi connectivity index (χ1v) is 9.11. The van der Waals surface area contributed by atoms with Crippen molar-refractivity contribution < 1.29 is 24.1 Å². The van der Waals surface area contributed by atoms with Crippen molar-refractivity contribution in [3.8, 4) is 0 Å². The Hall–Kier alpha value is -1.24. The van der Waals surface area contributed by atoms with Gasteiger partial charge in [-0.25, -0.2) is 9.78 Å². The fourth-order valence-corrected chi connectivity index (χ4v) is 4.61. The SMILES string of the molecule is COC(C)(CCN1C(=O)C=CC1=O)OOC12CC(CCC1C)C2(C)C. The van der Waals surface area contributed by atoms with E-state index in [2.05, 4.69) is 20.8 Å². The van der Waals surface area contributed by atoms with Crippen LogP contribution in [0.4, 0.5) is 0 Å². The lowest BCUT2D eigenvalue weighted by molar-refractivity contribution is -0.506. The van der Waals surface area contributed by atoms with Gasteiger partial charge < -0.3 is 4.74 Å². The molecule has 6 heteroatoms. The highest BCUT2D eigenvalue weighted by molar-refractivity contribution is 6.12. The summed E-state index contributed by atoms with van der Waals surface area (Å²) in [6.45, 7) is 8.72. The van der Waals surface area contributed by atoms with Gasteiger partial charge in [0.1, 0.15) is 5.60 Å². The third kappa shape index (κ3) is 2.84. The molecule has 0 saturated heterocycles. The molecule has 4 rings (SSSR count). The number of methoxy groups -OCH3 is 1. The first-order chi connectivity index (χ1) is 11.7. The normalized spacial score (nSPS) is 35.6. The molecule has 1 aliphatic heterocycles. The van der Waals surface area contributed by atoms with E-state index >= 15 is 0 Å². The number of carbonyl (C=O) groups is 2. The number of ether oxygens (including phenoxy) is 1. The van der Waals surface area contributed by atoms with Gasteiger partial charge in [0.05, 0.1) is 0 Å². The van der Waals surface area contributed by atoms with Gasteiger partial charge in [0, 0.05) is 37.6 Å². The van der Waals surface area contributed by atoms with E-state index in [1.807, 2.05) is 0 Å². The van der Waals surface area contributed by atoms with Crippen molar-refractivity contribution in [1.29, 1.82) is 0 Å². The number of fused-ring (bicyclic) bond motifs is 2. The van der Waals surface area contributed by atoms with Gasteiger partial charge in [-0.2, -0.15) is 0 Å². The third-order valence-corrected chi connectivity index (χ3v) is 6.89. The minimum absolute atomic E-state index is 0.0735. The van der Waals surface area contributed by atoms with Gasteiger partial charge in [0.15, 0.2) is 5.79 Å². The van der Waals surface area contributed by atoms with Crippen LogP contribution >= 0.6 is 0 Å². The Labute approximate surface area is 149 Å². The van der Waals surface area contributed by atoms with Crippen LogP contribution < -0.4 is 0 Å². The molecule has 4 aliphatic rings. The quantitative estimate of drug-likeness (QED) is 0.305. The summed E-state index contributed by atoms with van der Waals surface area (Å²) in [6.07, 6.45) is 6.30. The molecule has 2 bridgehead atoms. The van der Waals surface area contributed by atoms with E-state index in [-0.39, 0.29) is 29.4 Å². The van der Waals surface area contributed by atoms with E-state index in [1.54, 1.807) is 14.0 Å². The maximum absolute atomic E-state index is 11.7. The number of hydrogen-bond donors (Lipinski definition) is 0. The summed E-state index contributed by atoms with van der Waals surface area (Å²) in [5, 5.41) is 0. The van der Waals surface area contributed by atoms with E-state index < -0.39 is 5.79 Å². The van der Waals surface area contributed by atoms with E-state index in [0.29, 0.717) is 18.3 Å². The van der Waals surface area contributed by atoms with Crippen LogP contribution in [-0.4, -0.2) is 41.8 Å². The molecule has 4 unspecified atom stereocenters. The molecule has 1 heterocycles. The van der Waals surface area contributed by atoms with Gasteiger partial charge in [-0.15, -0.1) is 0 Å². The lowest BCUT2D eigenvalue weighted by Gasteiger charge is -2.66. The Morgan fingerprint density at radius 2 is 1.88 bits per heavy atom. The Morgan fingerprint density at radius 3 is 2.40 bits per heavy atom. The first-order valence-electron chi connectivity index (χ1n) is 9.11. The number of rotatable bonds is 7. The van der Waals surface area contributed by atoms with Crippen LogP contribution in [0.15, 0.2) is 12.2 Å². The molecule has 0 spiro atoms. The highest BCUT2D eigenvalue weighted by Gasteiger charge is 2.67. The van der Waals surface area contributed by atoms with Gasteiger partial charge in [-0.1, -0.05) is 20.8 Å². The van der Waals surface area contributed by atoms with E-state index in [0.717, 1.165) is 12.8 Å². The number of hydrogen-bond acceptors (Lipinski definition) is 5. The summed E-state index contributed by atoms with van der Waals surface area (Å²) in [5.41, 5.74) is -0.222. The van der Waals surface area contributed by atoms with Crippen LogP contribution in [0, 0.1) is 17.3 Å². The second-order valence-electron chi connectivity index (χ2n) is 8.41. The fraction of sp³-hybridized carbons (Fsp3) is 0.789. The average molecular weight is 351 g/mol. The summed E-state index contributed by atoms with van der Waals surface area (Å²) in [6, 6.07) is 0. The maximum atomic E-state index is 11.7. The molecule has 0 aromatic heterocycles. The van der Waals surface area contributed by atoms with Gasteiger partial charge in [-0.05, 0) is 38.0 Å². The zero-order chi connectivity index (χ0) is 18.5. The van der Waals surface area contributed by atoms with Gasteiger partial charge in [0.2, 0.25) is 0 Å². The minimum Gasteiger partial charge on any atom is -0.351 e. The van der Waals surface area contributed by atoms with Crippen molar-refractivity contribution in [1.82, 2.24) is 4.90 Å². The molecule has 0 aromatic rings.